The van der Waals surface area contributed by atoms with Gasteiger partial charge in [0.05, 0.1) is 24.2 Å². The second kappa shape index (κ2) is 5.43. The standard InChI is InChI=1S/C12H13NO4/c1-7(14)9-3-2-8(6-11(9)16)12(17)10(15)4-5-13/h2-3,6,10,12,15-17H,4H2,1H3. The smallest absolute Gasteiger partial charge is 0.163 e. The zero-order valence-corrected chi connectivity index (χ0v) is 9.29. The lowest BCUT2D eigenvalue weighted by molar-refractivity contribution is 0.0215. The van der Waals surface area contributed by atoms with Crippen molar-refractivity contribution in [1.82, 2.24) is 0 Å². The van der Waals surface area contributed by atoms with Gasteiger partial charge < -0.3 is 15.3 Å². The van der Waals surface area contributed by atoms with Gasteiger partial charge >= 0.3 is 0 Å². The maximum Gasteiger partial charge on any atom is 0.163 e. The number of hydrogen-bond donors (Lipinski definition) is 3. The molecule has 1 aromatic rings. The summed E-state index contributed by atoms with van der Waals surface area (Å²) in [6, 6.07) is 5.75. The lowest BCUT2D eigenvalue weighted by Crippen LogP contribution is -2.17. The van der Waals surface area contributed by atoms with Crippen LogP contribution in [0.3, 0.4) is 0 Å². The van der Waals surface area contributed by atoms with Crippen LogP contribution in [0.5, 0.6) is 5.75 Å². The molecule has 0 radical (unpaired) electrons. The van der Waals surface area contributed by atoms with Crippen molar-refractivity contribution in [3.63, 3.8) is 0 Å². The van der Waals surface area contributed by atoms with Crippen molar-refractivity contribution >= 4 is 5.78 Å². The molecule has 0 aliphatic rings. The maximum absolute atomic E-state index is 11.1. The Hall–Kier alpha value is -1.90. The van der Waals surface area contributed by atoms with Gasteiger partial charge in [0.15, 0.2) is 5.78 Å². The monoisotopic (exact) mass is 235 g/mol. The highest BCUT2D eigenvalue weighted by atomic mass is 16.3. The fourth-order valence-electron chi connectivity index (χ4n) is 1.46. The average molecular weight is 235 g/mol. The van der Waals surface area contributed by atoms with Crippen LogP contribution in [0.1, 0.15) is 35.4 Å². The lowest BCUT2D eigenvalue weighted by Gasteiger charge is -2.16. The van der Waals surface area contributed by atoms with Gasteiger partial charge in [0.2, 0.25) is 0 Å². The fraction of sp³-hybridized carbons (Fsp3) is 0.333. The highest BCUT2D eigenvalue weighted by Gasteiger charge is 2.19. The highest BCUT2D eigenvalue weighted by Crippen LogP contribution is 2.25. The molecule has 3 N–H and O–H groups in total. The van der Waals surface area contributed by atoms with Crippen molar-refractivity contribution < 1.29 is 20.1 Å². The zero-order chi connectivity index (χ0) is 13.0. The molecule has 0 amide bonds. The van der Waals surface area contributed by atoms with E-state index in [1.54, 1.807) is 6.07 Å². The number of carbonyl (C=O) groups excluding carboxylic acids is 1. The number of aromatic hydroxyl groups is 1. The number of benzene rings is 1. The van der Waals surface area contributed by atoms with Crippen molar-refractivity contribution in [2.75, 3.05) is 0 Å². The van der Waals surface area contributed by atoms with Crippen molar-refractivity contribution in [3.8, 4) is 11.8 Å². The summed E-state index contributed by atoms with van der Waals surface area (Å²) < 4.78 is 0. The number of hydrogen-bond acceptors (Lipinski definition) is 5. The molecule has 2 atom stereocenters. The summed E-state index contributed by atoms with van der Waals surface area (Å²) in [4.78, 5) is 11.1. The third-order valence-electron chi connectivity index (χ3n) is 2.41. The van der Waals surface area contributed by atoms with Crippen molar-refractivity contribution in [1.29, 1.82) is 5.26 Å². The van der Waals surface area contributed by atoms with Gasteiger partial charge in [0, 0.05) is 0 Å². The van der Waals surface area contributed by atoms with Crippen LogP contribution in [-0.2, 0) is 0 Å². The first-order chi connectivity index (χ1) is 7.97. The maximum atomic E-state index is 11.1. The van der Waals surface area contributed by atoms with Gasteiger partial charge in [0.25, 0.3) is 0 Å². The van der Waals surface area contributed by atoms with E-state index < -0.39 is 12.2 Å². The van der Waals surface area contributed by atoms with E-state index in [0.29, 0.717) is 0 Å². The molecular formula is C12H13NO4. The van der Waals surface area contributed by atoms with Crippen LogP contribution >= 0.6 is 0 Å². The minimum Gasteiger partial charge on any atom is -0.507 e. The number of phenols is 1. The number of nitriles is 1. The van der Waals surface area contributed by atoms with Crippen LogP contribution in [0.4, 0.5) is 0 Å². The van der Waals surface area contributed by atoms with Crippen LogP contribution in [-0.4, -0.2) is 27.2 Å². The summed E-state index contributed by atoms with van der Waals surface area (Å²) >= 11 is 0. The number of phenolic OH excluding ortho intramolecular Hbond substituents is 1. The van der Waals surface area contributed by atoms with E-state index in [0.717, 1.165) is 0 Å². The molecule has 1 aromatic carbocycles. The molecular weight excluding hydrogens is 222 g/mol. The summed E-state index contributed by atoms with van der Waals surface area (Å²) in [6.45, 7) is 1.32. The van der Waals surface area contributed by atoms with Crippen LogP contribution < -0.4 is 0 Å². The topological polar surface area (TPSA) is 102 Å². The van der Waals surface area contributed by atoms with E-state index >= 15 is 0 Å². The Bertz CT molecular complexity index is 464. The summed E-state index contributed by atoms with van der Waals surface area (Å²) in [5.74, 6) is -0.542. The van der Waals surface area contributed by atoms with E-state index in [1.165, 1.54) is 25.1 Å². The zero-order valence-electron chi connectivity index (χ0n) is 9.29. The van der Waals surface area contributed by atoms with Gasteiger partial charge in [-0.2, -0.15) is 5.26 Å². The van der Waals surface area contributed by atoms with E-state index in [9.17, 15) is 20.1 Å². The molecule has 0 aliphatic heterocycles. The van der Waals surface area contributed by atoms with Crippen molar-refractivity contribution in [3.05, 3.63) is 29.3 Å². The molecule has 90 valence electrons. The number of rotatable bonds is 4. The Kier molecular flexibility index (Phi) is 4.21. The fourth-order valence-corrected chi connectivity index (χ4v) is 1.46. The summed E-state index contributed by atoms with van der Waals surface area (Å²) in [6.07, 6.45) is -2.69. The first-order valence-corrected chi connectivity index (χ1v) is 5.04. The van der Waals surface area contributed by atoms with Crippen LogP contribution in [0.2, 0.25) is 0 Å². The van der Waals surface area contributed by atoms with Crippen molar-refractivity contribution in [2.45, 2.75) is 25.6 Å². The Morgan fingerprint density at radius 1 is 1.47 bits per heavy atom. The first kappa shape index (κ1) is 13.2. The molecule has 0 fully saturated rings. The van der Waals surface area contributed by atoms with Crippen LogP contribution in [0, 0.1) is 11.3 Å². The molecule has 0 heterocycles. The molecule has 17 heavy (non-hydrogen) atoms. The SMILES string of the molecule is CC(=O)c1ccc(C(O)C(O)CC#N)cc1O. The Morgan fingerprint density at radius 2 is 2.12 bits per heavy atom. The van der Waals surface area contributed by atoms with Gasteiger partial charge in [-0.1, -0.05) is 6.07 Å². The Morgan fingerprint density at radius 3 is 2.59 bits per heavy atom. The minimum atomic E-state index is -1.26. The average Bonchev–Trinajstić information content (AvgIpc) is 2.27. The summed E-state index contributed by atoms with van der Waals surface area (Å²) in [5, 5.41) is 37.0. The van der Waals surface area contributed by atoms with Gasteiger partial charge in [-0.3, -0.25) is 4.79 Å². The third kappa shape index (κ3) is 3.03. The van der Waals surface area contributed by atoms with E-state index in [4.69, 9.17) is 5.26 Å². The molecule has 0 aromatic heterocycles. The molecule has 1 rings (SSSR count). The molecule has 0 saturated heterocycles. The normalized spacial score (nSPS) is 13.8. The molecule has 5 nitrogen and oxygen atoms in total. The molecule has 0 aliphatic carbocycles. The number of aliphatic hydroxyl groups excluding tert-OH is 2. The second-order valence-corrected chi connectivity index (χ2v) is 3.71. The summed E-state index contributed by atoms with van der Waals surface area (Å²) in [7, 11) is 0. The van der Waals surface area contributed by atoms with E-state index in [-0.39, 0.29) is 29.1 Å². The number of nitrogens with zero attached hydrogens (tertiary/aromatic N) is 1. The third-order valence-corrected chi connectivity index (χ3v) is 2.41. The molecule has 2 unspecified atom stereocenters. The predicted octanol–water partition coefficient (Wildman–Crippen LogP) is 0.903. The van der Waals surface area contributed by atoms with Crippen LogP contribution in [0.25, 0.3) is 0 Å². The lowest BCUT2D eigenvalue weighted by atomic mass is 9.99. The quantitative estimate of drug-likeness (QED) is 0.673. The molecule has 0 bridgehead atoms. The van der Waals surface area contributed by atoms with Gasteiger partial charge in [-0.05, 0) is 24.6 Å². The minimum absolute atomic E-state index is 0.149. The predicted molar refractivity (Wildman–Crippen MR) is 59.3 cm³/mol. The van der Waals surface area contributed by atoms with E-state index in [2.05, 4.69) is 0 Å². The second-order valence-electron chi connectivity index (χ2n) is 3.71. The Balaban J connectivity index is 2.98. The number of carbonyl (C=O) groups is 1. The number of Topliss-reactive ketones (excluding diaryl/α,β-unsaturated/α-hetero) is 1. The number of ketones is 1. The van der Waals surface area contributed by atoms with Gasteiger partial charge in [0.1, 0.15) is 11.9 Å². The van der Waals surface area contributed by atoms with E-state index in [1.807, 2.05) is 0 Å². The van der Waals surface area contributed by atoms with Gasteiger partial charge in [-0.15, -0.1) is 0 Å². The molecule has 0 saturated carbocycles. The molecule has 5 heteroatoms. The largest absolute Gasteiger partial charge is 0.507 e. The molecule has 0 spiro atoms. The first-order valence-electron chi connectivity index (χ1n) is 5.04. The summed E-state index contributed by atoms with van der Waals surface area (Å²) in [5.41, 5.74) is 0.408. The van der Waals surface area contributed by atoms with Gasteiger partial charge in [-0.25, -0.2) is 0 Å². The van der Waals surface area contributed by atoms with Crippen molar-refractivity contribution in [2.24, 2.45) is 0 Å². The van der Waals surface area contributed by atoms with Crippen LogP contribution in [0.15, 0.2) is 18.2 Å². The Labute approximate surface area is 98.6 Å². The highest BCUT2D eigenvalue weighted by molar-refractivity contribution is 5.96. The number of aliphatic hydroxyl groups is 2.